The lowest BCUT2D eigenvalue weighted by molar-refractivity contribution is -0.143. The summed E-state index contributed by atoms with van der Waals surface area (Å²) in [5, 5.41) is 16.2. The lowest BCUT2D eigenvalue weighted by Gasteiger charge is -2.38. The second-order valence-corrected chi connectivity index (χ2v) is 10.8. The van der Waals surface area contributed by atoms with Crippen LogP contribution >= 0.6 is 23.2 Å². The zero-order valence-corrected chi connectivity index (χ0v) is 24.1. The molecule has 1 saturated heterocycles. The number of piperazine rings is 1. The Labute approximate surface area is 254 Å². The monoisotopic (exact) mass is 620 g/mol. The van der Waals surface area contributed by atoms with Crippen LogP contribution in [0.5, 0.6) is 0 Å². The van der Waals surface area contributed by atoms with E-state index in [-0.39, 0.29) is 17.1 Å². The van der Waals surface area contributed by atoms with Gasteiger partial charge in [0.2, 0.25) is 17.7 Å². The van der Waals surface area contributed by atoms with Crippen LogP contribution in [0.4, 0.5) is 15.8 Å². The highest BCUT2D eigenvalue weighted by Crippen LogP contribution is 2.30. The number of carbonyl (C=O) groups excluding carboxylic acids is 3. The number of aryl methyl sites for hydroxylation is 1. The summed E-state index contributed by atoms with van der Waals surface area (Å²) in [7, 11) is 1.79. The summed E-state index contributed by atoms with van der Waals surface area (Å²) in [6, 6.07) is 14.8. The van der Waals surface area contributed by atoms with Gasteiger partial charge >= 0.3 is 0 Å². The van der Waals surface area contributed by atoms with E-state index in [1.807, 2.05) is 0 Å². The SMILES string of the molecule is Cn1cc2cc(NC(=O)C(Cc3ccccc3F)N3CC(=O)N(c4cc(Cl)ccc4-n4cc(Cl)nn4)CC3=O)ccc2n1. The Morgan fingerprint density at radius 1 is 1.00 bits per heavy atom. The minimum atomic E-state index is -1.19. The molecule has 0 spiro atoms. The predicted octanol–water partition coefficient (Wildman–Crippen LogP) is 4.03. The van der Waals surface area contributed by atoms with Gasteiger partial charge in [0.1, 0.15) is 24.9 Å². The summed E-state index contributed by atoms with van der Waals surface area (Å²) in [6.07, 6.45) is 3.11. The molecule has 0 bridgehead atoms. The molecule has 2 aromatic heterocycles. The molecule has 1 atom stereocenters. The number of amides is 3. The van der Waals surface area contributed by atoms with E-state index in [2.05, 4.69) is 20.7 Å². The highest BCUT2D eigenvalue weighted by atomic mass is 35.5. The Kier molecular flexibility index (Phi) is 7.55. The molecule has 0 radical (unpaired) electrons. The molecule has 3 amide bonds. The molecule has 14 heteroatoms. The fourth-order valence-corrected chi connectivity index (χ4v) is 5.37. The molecule has 1 unspecified atom stereocenters. The van der Waals surface area contributed by atoms with Crippen molar-refractivity contribution in [3.05, 3.63) is 94.6 Å². The van der Waals surface area contributed by atoms with Crippen molar-refractivity contribution in [3.63, 3.8) is 0 Å². The Balaban J connectivity index is 1.30. The van der Waals surface area contributed by atoms with Gasteiger partial charge in [-0.05, 0) is 48.0 Å². The van der Waals surface area contributed by atoms with Crippen LogP contribution in [-0.4, -0.2) is 66.5 Å². The number of aromatic nitrogens is 5. The molecule has 5 aromatic rings. The molecule has 218 valence electrons. The topological polar surface area (TPSA) is 118 Å². The first-order valence-electron chi connectivity index (χ1n) is 13.1. The van der Waals surface area contributed by atoms with Crippen LogP contribution in [0.25, 0.3) is 16.6 Å². The summed E-state index contributed by atoms with van der Waals surface area (Å²) in [5.74, 6) is -2.08. The van der Waals surface area contributed by atoms with Gasteiger partial charge in [-0.1, -0.05) is 46.6 Å². The highest BCUT2D eigenvalue weighted by molar-refractivity contribution is 6.31. The molecule has 1 aliphatic rings. The van der Waals surface area contributed by atoms with Gasteiger partial charge in [-0.2, -0.15) is 5.10 Å². The number of nitrogens with zero attached hydrogens (tertiary/aromatic N) is 7. The summed E-state index contributed by atoms with van der Waals surface area (Å²) in [5.41, 5.74) is 2.18. The second-order valence-electron chi connectivity index (χ2n) is 10.00. The van der Waals surface area contributed by atoms with E-state index in [0.29, 0.717) is 22.1 Å². The van der Waals surface area contributed by atoms with Gasteiger partial charge in [0.05, 0.1) is 23.1 Å². The number of carbonyl (C=O) groups is 3. The van der Waals surface area contributed by atoms with Gasteiger partial charge in [0.15, 0.2) is 5.15 Å². The number of nitrogens with one attached hydrogen (secondary N) is 1. The van der Waals surface area contributed by atoms with Crippen molar-refractivity contribution in [1.82, 2.24) is 29.7 Å². The van der Waals surface area contributed by atoms with E-state index in [1.54, 1.807) is 60.4 Å². The molecule has 0 aliphatic carbocycles. The fourth-order valence-electron chi connectivity index (χ4n) is 5.07. The molecular formula is C29H23Cl2FN8O3. The van der Waals surface area contributed by atoms with Crippen molar-refractivity contribution in [2.75, 3.05) is 23.3 Å². The lowest BCUT2D eigenvalue weighted by atomic mass is 10.0. The zero-order valence-electron chi connectivity index (χ0n) is 22.6. The van der Waals surface area contributed by atoms with Crippen LogP contribution in [0.1, 0.15) is 5.56 Å². The number of halogens is 3. The van der Waals surface area contributed by atoms with Crippen LogP contribution in [0, 0.1) is 5.82 Å². The average molecular weight is 621 g/mol. The number of rotatable bonds is 7. The first-order valence-corrected chi connectivity index (χ1v) is 13.9. The van der Waals surface area contributed by atoms with Gasteiger partial charge in [-0.25, -0.2) is 9.07 Å². The zero-order chi connectivity index (χ0) is 30.2. The number of anilines is 2. The number of fused-ring (bicyclic) bond motifs is 1. The number of hydrogen-bond acceptors (Lipinski definition) is 6. The van der Waals surface area contributed by atoms with Crippen molar-refractivity contribution in [3.8, 4) is 5.69 Å². The Bertz CT molecular complexity index is 1890. The minimum absolute atomic E-state index is 0.137. The van der Waals surface area contributed by atoms with E-state index >= 15 is 0 Å². The lowest BCUT2D eigenvalue weighted by Crippen LogP contribution is -2.60. The van der Waals surface area contributed by atoms with Gasteiger partial charge < -0.3 is 10.2 Å². The largest absolute Gasteiger partial charge is 0.324 e. The maximum Gasteiger partial charge on any atom is 0.247 e. The number of benzene rings is 3. The fraction of sp³-hybridized carbons (Fsp3) is 0.172. The molecule has 11 nitrogen and oxygen atoms in total. The summed E-state index contributed by atoms with van der Waals surface area (Å²) in [4.78, 5) is 43.5. The number of hydrogen-bond donors (Lipinski definition) is 1. The van der Waals surface area contributed by atoms with Crippen LogP contribution in [-0.2, 0) is 27.9 Å². The first kappa shape index (κ1) is 28.3. The van der Waals surface area contributed by atoms with Crippen LogP contribution in [0.15, 0.2) is 73.1 Å². The van der Waals surface area contributed by atoms with Crippen molar-refractivity contribution in [2.24, 2.45) is 7.05 Å². The van der Waals surface area contributed by atoms with E-state index in [0.717, 1.165) is 10.9 Å². The van der Waals surface area contributed by atoms with E-state index < -0.39 is 42.7 Å². The van der Waals surface area contributed by atoms with Crippen molar-refractivity contribution in [2.45, 2.75) is 12.5 Å². The van der Waals surface area contributed by atoms with Crippen LogP contribution in [0.2, 0.25) is 10.2 Å². The van der Waals surface area contributed by atoms with Crippen molar-refractivity contribution in [1.29, 1.82) is 0 Å². The molecule has 3 aromatic carbocycles. The predicted molar refractivity (Wildman–Crippen MR) is 159 cm³/mol. The first-order chi connectivity index (χ1) is 20.7. The Morgan fingerprint density at radius 2 is 1.81 bits per heavy atom. The van der Waals surface area contributed by atoms with Crippen molar-refractivity contribution < 1.29 is 18.8 Å². The molecule has 0 saturated carbocycles. The molecule has 1 N–H and O–H groups in total. The van der Waals surface area contributed by atoms with Gasteiger partial charge in [-0.3, -0.25) is 24.0 Å². The summed E-state index contributed by atoms with van der Waals surface area (Å²) < 4.78 is 17.8. The molecular weight excluding hydrogens is 598 g/mol. The van der Waals surface area contributed by atoms with Gasteiger partial charge in [-0.15, -0.1) is 5.10 Å². The van der Waals surface area contributed by atoms with E-state index in [1.165, 1.54) is 38.9 Å². The third-order valence-corrected chi connectivity index (χ3v) is 7.51. The normalized spacial score (nSPS) is 14.4. The highest BCUT2D eigenvalue weighted by Gasteiger charge is 2.39. The van der Waals surface area contributed by atoms with Crippen LogP contribution in [0.3, 0.4) is 0 Å². The van der Waals surface area contributed by atoms with Crippen LogP contribution < -0.4 is 10.2 Å². The standard InChI is InChI=1S/C29H23Cl2FN8O3/c1-37-13-18-10-20(7-8-22(18)35-37)33-29(43)25(11-17-4-2-3-5-21(17)32)39-16-27(41)38(15-28(39)42)24-12-19(30)6-9-23(24)40-14-26(31)34-36-40/h2-10,12-14,25H,11,15-16H2,1H3,(H,33,43). The Hall–Kier alpha value is -4.81. The molecule has 1 aliphatic heterocycles. The maximum absolute atomic E-state index is 14.7. The van der Waals surface area contributed by atoms with Gasteiger partial charge in [0.25, 0.3) is 0 Å². The second kappa shape index (κ2) is 11.5. The van der Waals surface area contributed by atoms with E-state index in [9.17, 15) is 18.8 Å². The minimum Gasteiger partial charge on any atom is -0.324 e. The summed E-state index contributed by atoms with van der Waals surface area (Å²) >= 11 is 12.2. The van der Waals surface area contributed by atoms with Crippen molar-refractivity contribution >= 4 is 63.2 Å². The third-order valence-electron chi connectivity index (χ3n) is 7.10. The quantitative estimate of drug-likeness (QED) is 0.294. The van der Waals surface area contributed by atoms with E-state index in [4.69, 9.17) is 23.2 Å². The average Bonchev–Trinajstić information content (AvgIpc) is 3.57. The molecule has 1 fully saturated rings. The Morgan fingerprint density at radius 3 is 2.58 bits per heavy atom. The third kappa shape index (κ3) is 5.79. The molecule has 3 heterocycles. The summed E-state index contributed by atoms with van der Waals surface area (Å²) in [6.45, 7) is -0.825. The smallest absolute Gasteiger partial charge is 0.247 e. The molecule has 6 rings (SSSR count). The van der Waals surface area contributed by atoms with Gasteiger partial charge in [0, 0.05) is 35.8 Å². The maximum atomic E-state index is 14.7. The molecule has 43 heavy (non-hydrogen) atoms.